The van der Waals surface area contributed by atoms with E-state index in [1.165, 1.54) is 24.2 Å². The number of carbonyl (C=O) groups excluding carboxylic acids is 3. The van der Waals surface area contributed by atoms with Gasteiger partial charge in [-0.15, -0.1) is 0 Å². The molecule has 2 fully saturated rings. The lowest BCUT2D eigenvalue weighted by molar-refractivity contribution is -0.127. The largest absolute Gasteiger partial charge is 0.494 e. The first-order valence-electron chi connectivity index (χ1n) is 12.7. The SMILES string of the molecule is COc1cnc(-n2cnc(C)n2)c2[nH]cc(C(=O)C(=O)N3C[C@@H]4CN(C(=O)C5=CCCCC5)C[C@@H]4C3)c12. The predicted molar refractivity (Wildman–Crippen MR) is 133 cm³/mol. The number of Topliss-reactive ketones (excluding diaryl/α,β-unsaturated/α-hetero) is 1. The molecule has 37 heavy (non-hydrogen) atoms. The highest BCUT2D eigenvalue weighted by Gasteiger charge is 2.44. The summed E-state index contributed by atoms with van der Waals surface area (Å²) in [4.78, 5) is 54.9. The molecule has 0 unspecified atom stereocenters. The van der Waals surface area contributed by atoms with Crippen LogP contribution in [0, 0.1) is 18.8 Å². The maximum atomic E-state index is 13.4. The molecule has 3 aromatic rings. The second kappa shape index (κ2) is 9.13. The van der Waals surface area contributed by atoms with Gasteiger partial charge in [0, 0.05) is 49.8 Å². The van der Waals surface area contributed by atoms with Crippen LogP contribution < -0.4 is 4.74 Å². The van der Waals surface area contributed by atoms with Crippen molar-refractivity contribution in [3.05, 3.63) is 41.8 Å². The minimum Gasteiger partial charge on any atom is -0.494 e. The summed E-state index contributed by atoms with van der Waals surface area (Å²) < 4.78 is 6.99. The van der Waals surface area contributed by atoms with E-state index in [0.717, 1.165) is 31.3 Å². The molecule has 2 saturated heterocycles. The molecule has 192 valence electrons. The third kappa shape index (κ3) is 3.98. The number of ether oxygens (including phenoxy) is 1. The van der Waals surface area contributed by atoms with E-state index in [2.05, 4.69) is 26.1 Å². The Labute approximate surface area is 213 Å². The summed E-state index contributed by atoms with van der Waals surface area (Å²) in [5, 5.41) is 4.79. The molecule has 0 radical (unpaired) electrons. The Kier molecular flexibility index (Phi) is 5.77. The zero-order valence-electron chi connectivity index (χ0n) is 20.9. The molecule has 1 aliphatic carbocycles. The fraction of sp³-hybridized carbons (Fsp3) is 0.462. The molecule has 3 aromatic heterocycles. The molecule has 3 aliphatic rings. The highest BCUT2D eigenvalue weighted by atomic mass is 16.5. The van der Waals surface area contributed by atoms with Gasteiger partial charge in [0.15, 0.2) is 5.82 Å². The average Bonchev–Trinajstić information content (AvgIpc) is 3.70. The van der Waals surface area contributed by atoms with Crippen molar-refractivity contribution < 1.29 is 19.1 Å². The summed E-state index contributed by atoms with van der Waals surface area (Å²) in [6, 6.07) is 0. The van der Waals surface area contributed by atoms with Crippen LogP contribution in [0.25, 0.3) is 16.7 Å². The molecule has 0 aromatic carbocycles. The van der Waals surface area contributed by atoms with Crippen molar-refractivity contribution in [1.82, 2.24) is 34.5 Å². The van der Waals surface area contributed by atoms with Crippen LogP contribution in [-0.2, 0) is 9.59 Å². The number of ketones is 1. The van der Waals surface area contributed by atoms with Crippen molar-refractivity contribution in [2.24, 2.45) is 11.8 Å². The fourth-order valence-electron chi connectivity index (χ4n) is 5.88. The lowest BCUT2D eigenvalue weighted by Crippen LogP contribution is -2.39. The monoisotopic (exact) mass is 503 g/mol. The number of aromatic amines is 1. The number of H-pyrrole nitrogens is 1. The Morgan fingerprint density at radius 3 is 2.46 bits per heavy atom. The van der Waals surface area contributed by atoms with Gasteiger partial charge in [0.05, 0.1) is 29.8 Å². The van der Waals surface area contributed by atoms with E-state index in [-0.39, 0.29) is 23.3 Å². The molecule has 2 aliphatic heterocycles. The van der Waals surface area contributed by atoms with Crippen molar-refractivity contribution in [3.63, 3.8) is 0 Å². The van der Waals surface area contributed by atoms with Gasteiger partial charge in [-0.25, -0.2) is 14.6 Å². The maximum absolute atomic E-state index is 13.4. The number of carbonyl (C=O) groups is 3. The fourth-order valence-corrected chi connectivity index (χ4v) is 5.88. The predicted octanol–water partition coefficient (Wildman–Crippen LogP) is 2.06. The number of nitrogens with zero attached hydrogens (tertiary/aromatic N) is 6. The maximum Gasteiger partial charge on any atom is 0.295 e. The molecule has 2 atom stereocenters. The van der Waals surface area contributed by atoms with Crippen molar-refractivity contribution in [1.29, 1.82) is 0 Å². The summed E-state index contributed by atoms with van der Waals surface area (Å²) in [5.74, 6) is 0.799. The van der Waals surface area contributed by atoms with Crippen LogP contribution >= 0.6 is 0 Å². The van der Waals surface area contributed by atoms with Gasteiger partial charge in [-0.05, 0) is 32.6 Å². The second-order valence-corrected chi connectivity index (χ2v) is 10.1. The van der Waals surface area contributed by atoms with E-state index in [1.807, 2.05) is 4.90 Å². The highest BCUT2D eigenvalue weighted by Crippen LogP contribution is 2.35. The van der Waals surface area contributed by atoms with Crippen molar-refractivity contribution in [2.45, 2.75) is 32.6 Å². The topological polar surface area (TPSA) is 126 Å². The molecular formula is C26H29N7O4. The minimum atomic E-state index is -0.600. The number of aryl methyl sites for hydroxylation is 1. The van der Waals surface area contributed by atoms with Gasteiger partial charge in [-0.2, -0.15) is 5.10 Å². The van der Waals surface area contributed by atoms with E-state index in [0.29, 0.717) is 54.5 Å². The molecule has 1 N–H and O–H groups in total. The van der Waals surface area contributed by atoms with Gasteiger partial charge >= 0.3 is 0 Å². The van der Waals surface area contributed by atoms with Gasteiger partial charge in [0.2, 0.25) is 5.91 Å². The molecule has 2 amide bonds. The van der Waals surface area contributed by atoms with Crippen LogP contribution in [0.2, 0.25) is 0 Å². The summed E-state index contributed by atoms with van der Waals surface area (Å²) in [7, 11) is 1.50. The number of rotatable bonds is 5. The van der Waals surface area contributed by atoms with Crippen molar-refractivity contribution >= 4 is 28.5 Å². The molecule has 0 saturated carbocycles. The van der Waals surface area contributed by atoms with Gasteiger partial charge < -0.3 is 19.5 Å². The molecular weight excluding hydrogens is 474 g/mol. The quantitative estimate of drug-likeness (QED) is 0.417. The number of likely N-dealkylation sites (tertiary alicyclic amines) is 2. The van der Waals surface area contributed by atoms with Gasteiger partial charge in [-0.3, -0.25) is 14.4 Å². The summed E-state index contributed by atoms with van der Waals surface area (Å²) in [6.45, 7) is 3.98. The number of fused-ring (bicyclic) bond motifs is 2. The average molecular weight is 504 g/mol. The number of hydrogen-bond acceptors (Lipinski definition) is 7. The number of methoxy groups -OCH3 is 1. The number of aromatic nitrogens is 5. The zero-order valence-corrected chi connectivity index (χ0v) is 20.9. The van der Waals surface area contributed by atoms with E-state index >= 15 is 0 Å². The third-order valence-electron chi connectivity index (χ3n) is 7.76. The van der Waals surface area contributed by atoms with Crippen LogP contribution in [0.1, 0.15) is 41.9 Å². The first kappa shape index (κ1) is 23.4. The summed E-state index contributed by atoms with van der Waals surface area (Å²) in [6.07, 6.45) is 10.7. The number of hydrogen-bond donors (Lipinski definition) is 1. The number of pyridine rings is 1. The summed E-state index contributed by atoms with van der Waals surface area (Å²) >= 11 is 0. The molecule has 11 nitrogen and oxygen atoms in total. The first-order valence-corrected chi connectivity index (χ1v) is 12.7. The molecule has 11 heteroatoms. The Balaban J connectivity index is 1.20. The van der Waals surface area contributed by atoms with Crippen LogP contribution in [0.4, 0.5) is 0 Å². The van der Waals surface area contributed by atoms with Gasteiger partial charge in [0.1, 0.15) is 17.9 Å². The lowest BCUT2D eigenvalue weighted by atomic mass is 9.99. The Hall–Kier alpha value is -4.02. The highest BCUT2D eigenvalue weighted by molar-refractivity contribution is 6.45. The Bertz CT molecular complexity index is 1420. The Morgan fingerprint density at radius 1 is 1.05 bits per heavy atom. The number of amides is 2. The minimum absolute atomic E-state index is 0.140. The van der Waals surface area contributed by atoms with Crippen LogP contribution in [0.3, 0.4) is 0 Å². The summed E-state index contributed by atoms with van der Waals surface area (Å²) in [5.41, 5.74) is 1.69. The van der Waals surface area contributed by atoms with Crippen molar-refractivity contribution in [2.75, 3.05) is 33.3 Å². The lowest BCUT2D eigenvalue weighted by Gasteiger charge is -2.23. The van der Waals surface area contributed by atoms with Gasteiger partial charge in [0.25, 0.3) is 11.7 Å². The van der Waals surface area contributed by atoms with E-state index in [1.54, 1.807) is 18.2 Å². The number of allylic oxidation sites excluding steroid dienone is 1. The number of nitrogens with one attached hydrogen (secondary N) is 1. The molecule has 5 heterocycles. The molecule has 0 bridgehead atoms. The normalized spacial score (nSPS) is 21.3. The zero-order chi connectivity index (χ0) is 25.7. The molecule has 6 rings (SSSR count). The third-order valence-corrected chi connectivity index (χ3v) is 7.76. The first-order chi connectivity index (χ1) is 17.9. The van der Waals surface area contributed by atoms with Gasteiger partial charge in [-0.1, -0.05) is 6.08 Å². The van der Waals surface area contributed by atoms with Crippen molar-refractivity contribution in [3.8, 4) is 11.6 Å². The second-order valence-electron chi connectivity index (χ2n) is 10.1. The van der Waals surface area contributed by atoms with Crippen LogP contribution in [0.5, 0.6) is 5.75 Å². The van der Waals surface area contributed by atoms with Crippen LogP contribution in [0.15, 0.2) is 30.4 Å². The Morgan fingerprint density at radius 2 is 1.81 bits per heavy atom. The standard InChI is InChI=1S/C26H29N7O4/c1-15-29-14-33(30-15)24-22-21(20(37-2)9-28-24)19(8-27-22)23(34)26(36)32-12-17-10-31(11-18(17)13-32)25(35)16-6-4-3-5-7-16/h6,8-9,14,17-18,27H,3-5,7,10-13H2,1-2H3/t17-,18+. The van der Waals surface area contributed by atoms with E-state index in [9.17, 15) is 14.4 Å². The molecule has 0 spiro atoms. The van der Waals surface area contributed by atoms with Crippen LogP contribution in [-0.4, -0.2) is 85.4 Å². The van der Waals surface area contributed by atoms with E-state index < -0.39 is 11.7 Å². The van der Waals surface area contributed by atoms with E-state index in [4.69, 9.17) is 4.74 Å². The smallest absolute Gasteiger partial charge is 0.295 e.